The lowest BCUT2D eigenvalue weighted by Crippen LogP contribution is -2.43. The molecule has 5 nitrogen and oxygen atoms in total. The van der Waals surface area contributed by atoms with Crippen LogP contribution in [0.5, 0.6) is 0 Å². The van der Waals surface area contributed by atoms with E-state index in [9.17, 15) is 9.59 Å². The van der Waals surface area contributed by atoms with Gasteiger partial charge in [0, 0.05) is 32.0 Å². The van der Waals surface area contributed by atoms with Gasteiger partial charge in [-0.05, 0) is 49.8 Å². The molecule has 5 heteroatoms. The molecule has 0 unspecified atom stereocenters. The van der Waals surface area contributed by atoms with E-state index in [2.05, 4.69) is 17.4 Å². The Hall–Kier alpha value is -2.66. The van der Waals surface area contributed by atoms with Crippen LogP contribution in [0.2, 0.25) is 0 Å². The van der Waals surface area contributed by atoms with Crippen LogP contribution in [-0.4, -0.2) is 35.9 Å². The van der Waals surface area contributed by atoms with Crippen molar-refractivity contribution in [1.29, 1.82) is 0 Å². The van der Waals surface area contributed by atoms with E-state index in [-0.39, 0.29) is 23.8 Å². The first-order chi connectivity index (χ1) is 15.0. The first-order valence-electron chi connectivity index (χ1n) is 11.3. The van der Waals surface area contributed by atoms with Gasteiger partial charge in [0.25, 0.3) is 0 Å². The molecule has 0 atom stereocenters. The molecule has 0 aromatic heterocycles. The molecule has 0 bridgehead atoms. The van der Waals surface area contributed by atoms with E-state index >= 15 is 0 Å². The second-order valence-electron chi connectivity index (χ2n) is 8.49. The Bertz CT molecular complexity index is 843. The third-order valence-electron chi connectivity index (χ3n) is 5.83. The van der Waals surface area contributed by atoms with E-state index in [0.29, 0.717) is 32.7 Å². The quantitative estimate of drug-likeness (QED) is 0.662. The Kier molecular flexibility index (Phi) is 8.65. The summed E-state index contributed by atoms with van der Waals surface area (Å²) in [5.74, 6) is 0.231. The smallest absolute Gasteiger partial charge is 0.223 e. The third-order valence-corrected chi connectivity index (χ3v) is 5.83. The molecule has 0 radical (unpaired) electrons. The molecule has 31 heavy (non-hydrogen) atoms. The molecule has 2 amide bonds. The van der Waals surface area contributed by atoms with Crippen LogP contribution >= 0.6 is 0 Å². The van der Waals surface area contributed by atoms with E-state index < -0.39 is 0 Å². The van der Waals surface area contributed by atoms with Gasteiger partial charge in [-0.2, -0.15) is 0 Å². The molecule has 2 aromatic rings. The summed E-state index contributed by atoms with van der Waals surface area (Å²) in [6.45, 7) is 6.40. The fraction of sp³-hybridized carbons (Fsp3) is 0.462. The number of piperidine rings is 1. The van der Waals surface area contributed by atoms with Gasteiger partial charge in [-0.15, -0.1) is 0 Å². The largest absolute Gasteiger partial charge is 0.374 e. The number of nitrogens with one attached hydrogen (secondary N) is 1. The summed E-state index contributed by atoms with van der Waals surface area (Å²) in [6.07, 6.45) is 2.90. The van der Waals surface area contributed by atoms with Gasteiger partial charge in [0.1, 0.15) is 0 Å². The van der Waals surface area contributed by atoms with Crippen molar-refractivity contribution in [2.24, 2.45) is 5.92 Å². The average Bonchev–Trinajstić information content (AvgIpc) is 2.81. The molecule has 0 spiro atoms. The van der Waals surface area contributed by atoms with Crippen molar-refractivity contribution in [3.63, 3.8) is 0 Å². The maximum Gasteiger partial charge on any atom is 0.223 e. The van der Waals surface area contributed by atoms with Crippen LogP contribution in [0, 0.1) is 5.92 Å². The average molecular weight is 423 g/mol. The summed E-state index contributed by atoms with van der Waals surface area (Å²) in [5.41, 5.74) is 3.38. The summed E-state index contributed by atoms with van der Waals surface area (Å²) < 4.78 is 5.72. The Morgan fingerprint density at radius 1 is 1.00 bits per heavy atom. The zero-order valence-corrected chi connectivity index (χ0v) is 18.7. The Morgan fingerprint density at radius 3 is 2.32 bits per heavy atom. The molecule has 1 fully saturated rings. The predicted octanol–water partition coefficient (Wildman–Crippen LogP) is 4.10. The first-order valence-corrected chi connectivity index (χ1v) is 11.3. The van der Waals surface area contributed by atoms with Crippen molar-refractivity contribution in [2.45, 2.75) is 58.8 Å². The maximum absolute atomic E-state index is 12.7. The standard InChI is InChI=1S/C26H34N2O3/c1-20(2)31-19-24-11-7-6-10-23(24)18-27-26(30)22-14-16-28(17-15-22)25(29)13-12-21-8-4-3-5-9-21/h3-11,20,22H,12-19H2,1-2H3,(H,27,30). The van der Waals surface area contributed by atoms with E-state index in [0.717, 1.165) is 30.4 Å². The lowest BCUT2D eigenvalue weighted by atomic mass is 9.95. The number of rotatable bonds is 9. The van der Waals surface area contributed by atoms with Crippen LogP contribution in [0.15, 0.2) is 54.6 Å². The van der Waals surface area contributed by atoms with Gasteiger partial charge in [0.15, 0.2) is 0 Å². The normalized spacial score (nSPS) is 14.6. The monoisotopic (exact) mass is 422 g/mol. The van der Waals surface area contributed by atoms with Crippen LogP contribution in [0.1, 0.15) is 49.8 Å². The van der Waals surface area contributed by atoms with Crippen LogP contribution in [0.3, 0.4) is 0 Å². The molecule has 3 rings (SSSR count). The lowest BCUT2D eigenvalue weighted by molar-refractivity contribution is -0.135. The van der Waals surface area contributed by atoms with E-state index in [1.807, 2.05) is 61.2 Å². The minimum atomic E-state index is -0.0303. The molecule has 1 saturated heterocycles. The maximum atomic E-state index is 12.7. The molecule has 1 aliphatic rings. The van der Waals surface area contributed by atoms with Crippen molar-refractivity contribution in [1.82, 2.24) is 10.2 Å². The number of hydrogen-bond acceptors (Lipinski definition) is 3. The van der Waals surface area contributed by atoms with Crippen LogP contribution in [0.25, 0.3) is 0 Å². The molecule has 1 N–H and O–H groups in total. The minimum Gasteiger partial charge on any atom is -0.374 e. The van der Waals surface area contributed by atoms with Crippen LogP contribution in [-0.2, 0) is 33.9 Å². The zero-order chi connectivity index (χ0) is 22.1. The van der Waals surface area contributed by atoms with Crippen molar-refractivity contribution >= 4 is 11.8 Å². The second-order valence-corrected chi connectivity index (χ2v) is 8.49. The Labute approximate surface area is 185 Å². The van der Waals surface area contributed by atoms with Crippen molar-refractivity contribution in [3.05, 3.63) is 71.3 Å². The van der Waals surface area contributed by atoms with Gasteiger partial charge in [-0.1, -0.05) is 54.6 Å². The number of aryl methyl sites for hydroxylation is 1. The van der Waals surface area contributed by atoms with E-state index in [4.69, 9.17) is 4.74 Å². The molecule has 1 heterocycles. The molecule has 0 aliphatic carbocycles. The highest BCUT2D eigenvalue weighted by Gasteiger charge is 2.27. The Morgan fingerprint density at radius 2 is 1.65 bits per heavy atom. The topological polar surface area (TPSA) is 58.6 Å². The van der Waals surface area contributed by atoms with Crippen molar-refractivity contribution in [3.8, 4) is 0 Å². The van der Waals surface area contributed by atoms with Crippen LogP contribution < -0.4 is 5.32 Å². The third kappa shape index (κ3) is 7.21. The summed E-state index contributed by atoms with van der Waals surface area (Å²) in [4.78, 5) is 27.1. The van der Waals surface area contributed by atoms with Crippen LogP contribution in [0.4, 0.5) is 0 Å². The second kappa shape index (κ2) is 11.7. The van der Waals surface area contributed by atoms with Gasteiger partial charge in [-0.25, -0.2) is 0 Å². The molecule has 166 valence electrons. The highest BCUT2D eigenvalue weighted by atomic mass is 16.5. The van der Waals surface area contributed by atoms with Crippen molar-refractivity contribution in [2.75, 3.05) is 13.1 Å². The number of carbonyl (C=O) groups excluding carboxylic acids is 2. The highest BCUT2D eigenvalue weighted by molar-refractivity contribution is 5.80. The number of carbonyl (C=O) groups is 2. The molecule has 0 saturated carbocycles. The Balaban J connectivity index is 1.42. The van der Waals surface area contributed by atoms with E-state index in [1.165, 1.54) is 5.56 Å². The first kappa shape index (κ1) is 23.0. The van der Waals surface area contributed by atoms with E-state index in [1.54, 1.807) is 0 Å². The number of nitrogens with zero attached hydrogens (tertiary/aromatic N) is 1. The van der Waals surface area contributed by atoms with Gasteiger partial charge in [0.2, 0.25) is 11.8 Å². The fourth-order valence-electron chi connectivity index (χ4n) is 3.90. The van der Waals surface area contributed by atoms with Crippen molar-refractivity contribution < 1.29 is 14.3 Å². The van der Waals surface area contributed by atoms with Gasteiger partial charge in [-0.3, -0.25) is 9.59 Å². The SMILES string of the molecule is CC(C)OCc1ccccc1CNC(=O)C1CCN(C(=O)CCc2ccccc2)CC1. The molecular weight excluding hydrogens is 388 g/mol. The molecule has 2 aromatic carbocycles. The molecule has 1 aliphatic heterocycles. The van der Waals surface area contributed by atoms with Gasteiger partial charge < -0.3 is 15.0 Å². The zero-order valence-electron chi connectivity index (χ0n) is 18.7. The number of hydrogen-bond donors (Lipinski definition) is 1. The van der Waals surface area contributed by atoms with Gasteiger partial charge >= 0.3 is 0 Å². The van der Waals surface area contributed by atoms with Gasteiger partial charge in [0.05, 0.1) is 12.7 Å². The number of likely N-dealkylation sites (tertiary alicyclic amines) is 1. The summed E-state index contributed by atoms with van der Waals surface area (Å²) in [6, 6.07) is 18.2. The number of ether oxygens (including phenoxy) is 1. The molecular formula is C26H34N2O3. The summed E-state index contributed by atoms with van der Waals surface area (Å²) in [5, 5.41) is 3.09. The predicted molar refractivity (Wildman–Crippen MR) is 122 cm³/mol. The lowest BCUT2D eigenvalue weighted by Gasteiger charge is -2.31. The fourth-order valence-corrected chi connectivity index (χ4v) is 3.90. The number of amides is 2. The summed E-state index contributed by atoms with van der Waals surface area (Å²) in [7, 11) is 0. The highest BCUT2D eigenvalue weighted by Crippen LogP contribution is 2.19. The minimum absolute atomic E-state index is 0.0303. The summed E-state index contributed by atoms with van der Waals surface area (Å²) >= 11 is 0. The number of benzene rings is 2.